The average Bonchev–Trinajstić information content (AvgIpc) is 3.18. The molecule has 14 heteroatoms. The van der Waals surface area contributed by atoms with Gasteiger partial charge in [0.1, 0.15) is 36.6 Å². The van der Waals surface area contributed by atoms with Gasteiger partial charge in [-0.05, 0) is 12.8 Å². The number of aliphatic hydroxyl groups excluding tert-OH is 7. The Hall–Kier alpha value is -0.700. The predicted molar refractivity (Wildman–Crippen MR) is 224 cm³/mol. The first-order valence-electron chi connectivity index (χ1n) is 23.1. The highest BCUT2D eigenvalue weighted by molar-refractivity contribution is 7.47. The lowest BCUT2D eigenvalue weighted by atomic mass is 9.85. The molecular formula is C43H86NO12P. The molecule has 13 nitrogen and oxygen atoms in total. The fourth-order valence-electron chi connectivity index (χ4n) is 7.66. The number of aliphatic hydroxyl groups is 7. The molecule has 0 aromatic rings. The number of amides is 1. The maximum Gasteiger partial charge on any atom is 0.472 e. The molecule has 57 heavy (non-hydrogen) atoms. The van der Waals surface area contributed by atoms with Crippen LogP contribution in [0, 0.1) is 0 Å². The molecule has 0 spiro atoms. The quantitative estimate of drug-likeness (QED) is 0.0221. The van der Waals surface area contributed by atoms with E-state index < -0.39 is 75.2 Å². The van der Waals surface area contributed by atoms with E-state index in [0.29, 0.717) is 12.8 Å². The molecule has 9 N–H and O–H groups in total. The van der Waals surface area contributed by atoms with E-state index >= 15 is 0 Å². The van der Waals surface area contributed by atoms with Gasteiger partial charge in [0.15, 0.2) is 0 Å². The second-order valence-corrected chi connectivity index (χ2v) is 18.2. The molecule has 1 aliphatic carbocycles. The molecule has 340 valence electrons. The van der Waals surface area contributed by atoms with Gasteiger partial charge >= 0.3 is 7.82 Å². The van der Waals surface area contributed by atoms with Crippen LogP contribution in [0.25, 0.3) is 0 Å². The lowest BCUT2D eigenvalue weighted by molar-refractivity contribution is -0.220. The van der Waals surface area contributed by atoms with Crippen LogP contribution in [-0.2, 0) is 18.4 Å². The van der Waals surface area contributed by atoms with E-state index in [1.54, 1.807) is 0 Å². The minimum absolute atomic E-state index is 0.216. The van der Waals surface area contributed by atoms with Gasteiger partial charge in [-0.15, -0.1) is 0 Å². The van der Waals surface area contributed by atoms with E-state index in [4.69, 9.17) is 9.05 Å². The highest BCUT2D eigenvalue weighted by Crippen LogP contribution is 2.47. The number of rotatable bonds is 38. The molecule has 0 heterocycles. The standard InChI is InChI=1S/C43H86NO12P/c1-3-5-7-9-11-13-14-15-16-17-18-19-20-21-23-24-26-28-30-34(45)32-37(47)44-35(36(46)31-29-27-25-22-12-10-8-6-4-2)33-55-57(53,54)56-43-41(51)39(49)38(48)40(50)42(43)52/h34-36,38-43,45-46,48-52H,3-33H2,1-2H3,(H,44,47)(H,53,54). The Morgan fingerprint density at radius 2 is 0.877 bits per heavy atom. The van der Waals surface area contributed by atoms with Gasteiger partial charge in [-0.1, -0.05) is 187 Å². The smallest absolute Gasteiger partial charge is 0.393 e. The maximum atomic E-state index is 13.0. The van der Waals surface area contributed by atoms with E-state index in [2.05, 4.69) is 19.2 Å². The first kappa shape index (κ1) is 54.3. The molecule has 0 radical (unpaired) electrons. The Labute approximate surface area is 345 Å². The van der Waals surface area contributed by atoms with Gasteiger partial charge in [0.2, 0.25) is 5.91 Å². The number of phosphoric ester groups is 1. The van der Waals surface area contributed by atoms with Gasteiger partial charge in [-0.2, -0.15) is 0 Å². The van der Waals surface area contributed by atoms with Crippen LogP contribution in [0.5, 0.6) is 0 Å². The summed E-state index contributed by atoms with van der Waals surface area (Å²) in [5.41, 5.74) is 0. The Morgan fingerprint density at radius 1 is 0.544 bits per heavy atom. The zero-order chi connectivity index (χ0) is 42.3. The normalized spacial score (nSPS) is 23.9. The van der Waals surface area contributed by atoms with Crippen molar-refractivity contribution >= 4 is 13.7 Å². The number of hydrogen-bond donors (Lipinski definition) is 9. The van der Waals surface area contributed by atoms with Crippen LogP contribution >= 0.6 is 7.82 Å². The van der Waals surface area contributed by atoms with Crippen LogP contribution in [0.15, 0.2) is 0 Å². The summed E-state index contributed by atoms with van der Waals surface area (Å²) in [6.07, 6.45) is 18.9. The molecule has 0 aliphatic heterocycles. The van der Waals surface area contributed by atoms with Crippen molar-refractivity contribution in [2.24, 2.45) is 0 Å². The summed E-state index contributed by atoms with van der Waals surface area (Å²) in [7, 11) is -5.10. The summed E-state index contributed by atoms with van der Waals surface area (Å²) in [6.45, 7) is 3.76. The van der Waals surface area contributed by atoms with Crippen LogP contribution in [0.2, 0.25) is 0 Å². The molecule has 1 aliphatic rings. The lowest BCUT2D eigenvalue weighted by Gasteiger charge is -2.41. The van der Waals surface area contributed by atoms with Crippen molar-refractivity contribution in [2.45, 2.75) is 261 Å². The zero-order valence-electron chi connectivity index (χ0n) is 35.8. The summed E-state index contributed by atoms with van der Waals surface area (Å²) in [6, 6.07) is -1.15. The average molecular weight is 840 g/mol. The van der Waals surface area contributed by atoms with E-state index in [9.17, 15) is 50.0 Å². The van der Waals surface area contributed by atoms with Crippen molar-refractivity contribution in [1.82, 2.24) is 5.32 Å². The third-order valence-corrected chi connectivity index (χ3v) is 12.5. The van der Waals surface area contributed by atoms with Crippen molar-refractivity contribution in [1.29, 1.82) is 0 Å². The molecule has 1 amide bonds. The summed E-state index contributed by atoms with van der Waals surface area (Å²) >= 11 is 0. The van der Waals surface area contributed by atoms with Gasteiger partial charge in [-0.25, -0.2) is 4.57 Å². The second-order valence-electron chi connectivity index (χ2n) is 16.8. The minimum atomic E-state index is -5.10. The van der Waals surface area contributed by atoms with Crippen LogP contribution in [0.1, 0.15) is 206 Å². The number of carbonyl (C=O) groups is 1. The lowest BCUT2D eigenvalue weighted by Crippen LogP contribution is -2.64. The van der Waals surface area contributed by atoms with Crippen LogP contribution < -0.4 is 5.32 Å². The molecule has 8 unspecified atom stereocenters. The minimum Gasteiger partial charge on any atom is -0.393 e. The molecule has 0 aromatic heterocycles. The van der Waals surface area contributed by atoms with Crippen molar-refractivity contribution in [3.8, 4) is 0 Å². The Balaban J connectivity index is 2.44. The fraction of sp³-hybridized carbons (Fsp3) is 0.977. The third kappa shape index (κ3) is 26.3. The van der Waals surface area contributed by atoms with Gasteiger partial charge in [0, 0.05) is 0 Å². The van der Waals surface area contributed by atoms with Gasteiger partial charge < -0.3 is 46.0 Å². The number of hydrogen-bond acceptors (Lipinski definition) is 11. The Morgan fingerprint density at radius 3 is 1.26 bits per heavy atom. The van der Waals surface area contributed by atoms with Crippen LogP contribution in [0.3, 0.4) is 0 Å². The van der Waals surface area contributed by atoms with Gasteiger partial charge in [0.25, 0.3) is 0 Å². The molecule has 1 rings (SSSR count). The van der Waals surface area contributed by atoms with Crippen molar-refractivity contribution in [3.05, 3.63) is 0 Å². The maximum absolute atomic E-state index is 13.0. The van der Waals surface area contributed by atoms with Crippen molar-refractivity contribution in [2.75, 3.05) is 6.61 Å². The highest BCUT2D eigenvalue weighted by atomic mass is 31.2. The van der Waals surface area contributed by atoms with Crippen molar-refractivity contribution in [3.63, 3.8) is 0 Å². The number of nitrogens with one attached hydrogen (secondary N) is 1. The fourth-order valence-corrected chi connectivity index (χ4v) is 8.62. The van der Waals surface area contributed by atoms with Gasteiger partial charge in [0.05, 0.1) is 31.3 Å². The van der Waals surface area contributed by atoms with Gasteiger partial charge in [-0.3, -0.25) is 13.8 Å². The van der Waals surface area contributed by atoms with Crippen molar-refractivity contribution < 1.29 is 59.0 Å². The van der Waals surface area contributed by atoms with E-state index in [-0.39, 0.29) is 12.8 Å². The number of carbonyl (C=O) groups excluding carboxylic acids is 1. The molecule has 0 saturated heterocycles. The topological polar surface area (TPSA) is 226 Å². The first-order chi connectivity index (χ1) is 27.3. The predicted octanol–water partition coefficient (Wildman–Crippen LogP) is 7.26. The molecule has 8 atom stereocenters. The highest BCUT2D eigenvalue weighted by Gasteiger charge is 2.51. The van der Waals surface area contributed by atoms with Crippen LogP contribution in [0.4, 0.5) is 0 Å². The summed E-state index contributed by atoms with van der Waals surface area (Å²) in [5.74, 6) is -0.559. The number of phosphoric acid groups is 1. The summed E-state index contributed by atoms with van der Waals surface area (Å²) in [5, 5.41) is 74.4. The molecular weight excluding hydrogens is 753 g/mol. The molecule has 0 aromatic carbocycles. The summed E-state index contributed by atoms with van der Waals surface area (Å²) in [4.78, 5) is 23.4. The zero-order valence-corrected chi connectivity index (χ0v) is 36.7. The largest absolute Gasteiger partial charge is 0.472 e. The molecule has 0 bridgehead atoms. The van der Waals surface area contributed by atoms with E-state index in [1.165, 1.54) is 116 Å². The summed E-state index contributed by atoms with van der Waals surface area (Å²) < 4.78 is 22.8. The molecule has 1 saturated carbocycles. The number of unbranched alkanes of at least 4 members (excludes halogenated alkanes) is 25. The first-order valence-corrected chi connectivity index (χ1v) is 24.6. The van der Waals surface area contributed by atoms with E-state index in [1.807, 2.05) is 0 Å². The Bertz CT molecular complexity index is 995. The van der Waals surface area contributed by atoms with E-state index in [0.717, 1.165) is 51.4 Å². The molecule has 1 fully saturated rings. The van der Waals surface area contributed by atoms with Crippen LogP contribution in [-0.4, -0.2) is 108 Å². The Kier molecular flexibility index (Phi) is 32.4. The second kappa shape index (κ2) is 34.0. The third-order valence-electron chi connectivity index (χ3n) is 11.5. The monoisotopic (exact) mass is 840 g/mol. The SMILES string of the molecule is CCCCCCCCCCCCCCCCCCCCC(O)CC(=O)NC(COP(=O)(O)OC1C(O)C(O)C(O)C(O)C1O)C(O)CCCCCCCCCCC.